The third kappa shape index (κ3) is 3.45. The number of aromatic nitrogens is 3. The number of fused-ring (bicyclic) bond motifs is 2. The minimum atomic E-state index is -3.83. The Kier molecular flexibility index (Phi) is 4.99. The van der Waals surface area contributed by atoms with Crippen molar-refractivity contribution < 1.29 is 13.2 Å². The van der Waals surface area contributed by atoms with E-state index in [2.05, 4.69) is 15.0 Å². The highest BCUT2D eigenvalue weighted by Gasteiger charge is 2.32. The molecule has 0 saturated carbocycles. The number of H-pyrrole nitrogens is 1. The molecule has 0 unspecified atom stereocenters. The van der Waals surface area contributed by atoms with Crippen LogP contribution in [0.15, 0.2) is 70.5 Å². The van der Waals surface area contributed by atoms with E-state index in [-0.39, 0.29) is 30.0 Å². The molecule has 8 nitrogen and oxygen atoms in total. The van der Waals surface area contributed by atoms with Gasteiger partial charge in [0, 0.05) is 29.3 Å². The summed E-state index contributed by atoms with van der Waals surface area (Å²) in [6.45, 7) is 0.221. The lowest BCUT2D eigenvalue weighted by Gasteiger charge is -2.27. The molecule has 0 bridgehead atoms. The number of ether oxygens (including phenoxy) is 1. The summed E-state index contributed by atoms with van der Waals surface area (Å²) in [6, 6.07) is 15.8. The highest BCUT2D eigenvalue weighted by atomic mass is 32.2. The quantitative estimate of drug-likeness (QED) is 0.515. The van der Waals surface area contributed by atoms with Crippen LogP contribution in [-0.4, -0.2) is 41.3 Å². The molecule has 9 heteroatoms. The second-order valence-electron chi connectivity index (χ2n) is 7.49. The number of hydrogen-bond acceptors (Lipinski definition) is 6. The van der Waals surface area contributed by atoms with Gasteiger partial charge in [-0.1, -0.05) is 18.2 Å². The van der Waals surface area contributed by atoms with Crippen molar-refractivity contribution in [3.05, 3.63) is 82.4 Å². The average molecular weight is 449 g/mol. The second-order valence-corrected chi connectivity index (χ2v) is 9.39. The van der Waals surface area contributed by atoms with Crippen molar-refractivity contribution in [3.8, 4) is 17.1 Å². The van der Waals surface area contributed by atoms with Crippen LogP contribution >= 0.6 is 0 Å². The number of nitrogens with one attached hydrogen (secondary N) is 1. The molecule has 0 aliphatic carbocycles. The molecule has 4 aromatic rings. The predicted molar refractivity (Wildman–Crippen MR) is 120 cm³/mol. The van der Waals surface area contributed by atoms with Crippen LogP contribution in [0, 0.1) is 0 Å². The van der Waals surface area contributed by atoms with Gasteiger partial charge in [0.2, 0.25) is 10.0 Å². The van der Waals surface area contributed by atoms with Gasteiger partial charge in [0.25, 0.3) is 5.56 Å². The Bertz CT molecular complexity index is 1480. The summed E-state index contributed by atoms with van der Waals surface area (Å²) < 4.78 is 33.5. The fraction of sp³-hybridized carbons (Fsp3) is 0.174. The first-order chi connectivity index (χ1) is 15.5. The number of pyridine rings is 1. The third-order valence-corrected chi connectivity index (χ3v) is 7.49. The molecular weight excluding hydrogens is 428 g/mol. The van der Waals surface area contributed by atoms with Crippen LogP contribution in [0.4, 0.5) is 0 Å². The van der Waals surface area contributed by atoms with E-state index in [0.29, 0.717) is 33.9 Å². The molecule has 3 heterocycles. The van der Waals surface area contributed by atoms with Crippen molar-refractivity contribution in [1.29, 1.82) is 0 Å². The van der Waals surface area contributed by atoms with Gasteiger partial charge in [-0.25, -0.2) is 13.4 Å². The van der Waals surface area contributed by atoms with E-state index in [4.69, 9.17) is 4.74 Å². The summed E-state index contributed by atoms with van der Waals surface area (Å²) in [5, 5.41) is 0.752. The summed E-state index contributed by atoms with van der Waals surface area (Å²) in [4.78, 5) is 24.5. The Balaban J connectivity index is 1.53. The van der Waals surface area contributed by atoms with E-state index in [1.54, 1.807) is 55.8 Å². The molecule has 1 aliphatic rings. The molecule has 2 aromatic heterocycles. The zero-order valence-corrected chi connectivity index (χ0v) is 18.1. The first-order valence-electron chi connectivity index (χ1n) is 10.1. The normalized spacial score (nSPS) is 14.3. The van der Waals surface area contributed by atoms with E-state index in [0.717, 1.165) is 5.39 Å². The summed E-state index contributed by atoms with van der Waals surface area (Å²) in [5.41, 5.74) is 1.87. The number of methoxy groups -OCH3 is 1. The van der Waals surface area contributed by atoms with Crippen LogP contribution in [0.1, 0.15) is 11.3 Å². The summed E-state index contributed by atoms with van der Waals surface area (Å²) in [6.07, 6.45) is 1.87. The van der Waals surface area contributed by atoms with Gasteiger partial charge in [-0.15, -0.1) is 0 Å². The molecule has 1 aliphatic heterocycles. The van der Waals surface area contributed by atoms with Crippen LogP contribution in [0.5, 0.6) is 5.75 Å². The molecule has 2 aromatic carbocycles. The maximum atomic E-state index is 13.5. The predicted octanol–water partition coefficient (Wildman–Crippen LogP) is 2.74. The Morgan fingerprint density at radius 1 is 1.06 bits per heavy atom. The molecule has 0 atom stereocenters. The van der Waals surface area contributed by atoms with Gasteiger partial charge in [-0.3, -0.25) is 9.78 Å². The minimum absolute atomic E-state index is 0.0218. The molecule has 0 spiro atoms. The van der Waals surface area contributed by atoms with Gasteiger partial charge in [0.1, 0.15) is 16.5 Å². The highest BCUT2D eigenvalue weighted by Crippen LogP contribution is 2.28. The van der Waals surface area contributed by atoms with E-state index < -0.39 is 10.0 Å². The van der Waals surface area contributed by atoms with Crippen LogP contribution in [-0.2, 0) is 23.0 Å². The van der Waals surface area contributed by atoms with Crippen LogP contribution in [0.25, 0.3) is 22.3 Å². The zero-order valence-electron chi connectivity index (χ0n) is 17.3. The fourth-order valence-corrected chi connectivity index (χ4v) is 5.50. The van der Waals surface area contributed by atoms with Gasteiger partial charge in [-0.2, -0.15) is 4.31 Å². The summed E-state index contributed by atoms with van der Waals surface area (Å²) in [7, 11) is -2.25. The molecule has 5 rings (SSSR count). The first-order valence-corrected chi connectivity index (χ1v) is 11.5. The van der Waals surface area contributed by atoms with Gasteiger partial charge in [0.15, 0.2) is 0 Å². The smallest absolute Gasteiger partial charge is 0.254 e. The number of benzene rings is 2. The third-order valence-electron chi connectivity index (χ3n) is 5.62. The van der Waals surface area contributed by atoms with Crippen LogP contribution in [0.3, 0.4) is 0 Å². The maximum Gasteiger partial charge on any atom is 0.254 e. The molecule has 32 heavy (non-hydrogen) atoms. The zero-order chi connectivity index (χ0) is 22.3. The molecular formula is C23H20N4O4S. The SMILES string of the molecule is COc1ccc(-c2nc3c(c(=O)[nH]2)CCN(S(=O)(=O)c2cccc4cccnc24)C3)cc1. The Morgan fingerprint density at radius 2 is 1.84 bits per heavy atom. The number of aromatic amines is 1. The standard InChI is InChI=1S/C23H20N4O4S/c1-31-17-9-7-16(8-10-17)22-25-19-14-27(13-11-18(19)23(28)26-22)32(29,30)20-6-2-4-15-5-3-12-24-21(15)20/h2-10,12H,11,13-14H2,1H3,(H,25,26,28). The number of hydrogen-bond donors (Lipinski definition) is 1. The van der Waals surface area contributed by atoms with E-state index >= 15 is 0 Å². The molecule has 0 saturated heterocycles. The van der Waals surface area contributed by atoms with Crippen molar-refractivity contribution in [3.63, 3.8) is 0 Å². The Hall–Kier alpha value is -3.56. The lowest BCUT2D eigenvalue weighted by Crippen LogP contribution is -2.39. The lowest BCUT2D eigenvalue weighted by molar-refractivity contribution is 0.384. The summed E-state index contributed by atoms with van der Waals surface area (Å²) in [5.74, 6) is 1.08. The number of rotatable bonds is 4. The van der Waals surface area contributed by atoms with E-state index in [9.17, 15) is 13.2 Å². The monoisotopic (exact) mass is 448 g/mol. The molecule has 162 valence electrons. The van der Waals surface area contributed by atoms with Gasteiger partial charge in [0.05, 0.1) is 24.9 Å². The lowest BCUT2D eigenvalue weighted by atomic mass is 10.1. The summed E-state index contributed by atoms with van der Waals surface area (Å²) >= 11 is 0. The second kappa shape index (κ2) is 7.85. The molecule has 1 N–H and O–H groups in total. The van der Waals surface area contributed by atoms with Crippen molar-refractivity contribution in [2.75, 3.05) is 13.7 Å². The van der Waals surface area contributed by atoms with Crippen molar-refractivity contribution in [2.24, 2.45) is 0 Å². The van der Waals surface area contributed by atoms with Crippen molar-refractivity contribution >= 4 is 20.9 Å². The highest BCUT2D eigenvalue weighted by molar-refractivity contribution is 7.89. The topological polar surface area (TPSA) is 105 Å². The number of para-hydroxylation sites is 1. The minimum Gasteiger partial charge on any atom is -0.497 e. The molecule has 0 amide bonds. The molecule has 0 radical (unpaired) electrons. The van der Waals surface area contributed by atoms with Crippen LogP contribution in [0.2, 0.25) is 0 Å². The van der Waals surface area contributed by atoms with Gasteiger partial charge >= 0.3 is 0 Å². The first kappa shape index (κ1) is 20.3. The molecule has 0 fully saturated rings. The van der Waals surface area contributed by atoms with E-state index in [1.807, 2.05) is 12.1 Å². The van der Waals surface area contributed by atoms with Gasteiger partial charge < -0.3 is 9.72 Å². The number of sulfonamides is 1. The van der Waals surface area contributed by atoms with Crippen LogP contribution < -0.4 is 10.3 Å². The Morgan fingerprint density at radius 3 is 2.62 bits per heavy atom. The van der Waals surface area contributed by atoms with Gasteiger partial charge in [-0.05, 0) is 42.8 Å². The van der Waals surface area contributed by atoms with Crippen molar-refractivity contribution in [2.45, 2.75) is 17.9 Å². The van der Waals surface area contributed by atoms with E-state index in [1.165, 1.54) is 4.31 Å². The largest absolute Gasteiger partial charge is 0.497 e. The van der Waals surface area contributed by atoms with Crippen molar-refractivity contribution in [1.82, 2.24) is 19.3 Å². The number of nitrogens with zero attached hydrogens (tertiary/aromatic N) is 3. The Labute approximate surface area is 184 Å². The fourth-order valence-electron chi connectivity index (χ4n) is 3.93. The maximum absolute atomic E-state index is 13.5. The average Bonchev–Trinajstić information content (AvgIpc) is 2.83.